The molecule has 1 aromatic heterocycles. The highest BCUT2D eigenvalue weighted by atomic mass is 15.1. The van der Waals surface area contributed by atoms with Crippen LogP contribution in [0.2, 0.25) is 0 Å². The van der Waals surface area contributed by atoms with E-state index in [4.69, 9.17) is 4.98 Å². The summed E-state index contributed by atoms with van der Waals surface area (Å²) in [4.78, 5) is 5.25. The van der Waals surface area contributed by atoms with Crippen molar-refractivity contribution in [2.24, 2.45) is 0 Å². The molecule has 0 aliphatic carbocycles. The number of nitrogens with zero attached hydrogens (tertiary/aromatic N) is 2. The fraction of sp³-hybridized carbons (Fsp3) is 0.195. The summed E-state index contributed by atoms with van der Waals surface area (Å²) < 4.78 is 2.44. The van der Waals surface area contributed by atoms with Crippen molar-refractivity contribution in [2.75, 3.05) is 0 Å². The summed E-state index contributed by atoms with van der Waals surface area (Å²) in [5.74, 6) is 1.70. The van der Waals surface area contributed by atoms with Crippen LogP contribution in [-0.4, -0.2) is 9.55 Å². The molecule has 7 rings (SSSR count). The van der Waals surface area contributed by atoms with E-state index in [2.05, 4.69) is 155 Å². The molecule has 0 unspecified atom stereocenters. The molecular formula is C41H38N2. The first kappa shape index (κ1) is 27.2. The van der Waals surface area contributed by atoms with Crippen LogP contribution in [-0.2, 0) is 0 Å². The predicted octanol–water partition coefficient (Wildman–Crippen LogP) is 11.5. The molecule has 0 radical (unpaired) electrons. The zero-order chi connectivity index (χ0) is 29.8. The van der Waals surface area contributed by atoms with Gasteiger partial charge >= 0.3 is 0 Å². The van der Waals surface area contributed by atoms with Gasteiger partial charge < -0.3 is 0 Å². The average molecular weight is 559 g/mol. The number of fused-ring (bicyclic) bond motifs is 6. The van der Waals surface area contributed by atoms with Crippen LogP contribution in [0.1, 0.15) is 62.0 Å². The molecule has 0 bridgehead atoms. The second-order valence-corrected chi connectivity index (χ2v) is 12.5. The average Bonchev–Trinajstić information content (AvgIpc) is 3.33. The number of hydrogen-bond donors (Lipinski definition) is 0. The second kappa shape index (κ2) is 10.5. The number of rotatable bonds is 5. The molecule has 6 aromatic carbocycles. The SMILES string of the molecule is Cc1nc(-c2ccc3c4ccccc4c4ccccc4c3c2)n(-c2c(C(C)C)cc(-c3ccccc3)cc2C(C)C)c1C. The van der Waals surface area contributed by atoms with Crippen molar-refractivity contribution in [3.63, 3.8) is 0 Å². The first-order valence-electron chi connectivity index (χ1n) is 15.5. The molecule has 2 nitrogen and oxygen atoms in total. The third-order valence-corrected chi connectivity index (χ3v) is 9.09. The molecule has 43 heavy (non-hydrogen) atoms. The minimum Gasteiger partial charge on any atom is -0.296 e. The Kier molecular flexibility index (Phi) is 6.66. The second-order valence-electron chi connectivity index (χ2n) is 12.5. The van der Waals surface area contributed by atoms with Gasteiger partial charge in [-0.3, -0.25) is 4.57 Å². The van der Waals surface area contributed by atoms with Gasteiger partial charge in [-0.05, 0) is 98.5 Å². The first-order valence-corrected chi connectivity index (χ1v) is 15.5. The fourth-order valence-corrected chi connectivity index (χ4v) is 6.74. The van der Waals surface area contributed by atoms with Gasteiger partial charge in [0, 0.05) is 11.3 Å². The van der Waals surface area contributed by atoms with Crippen molar-refractivity contribution in [3.8, 4) is 28.2 Å². The van der Waals surface area contributed by atoms with Gasteiger partial charge in [-0.1, -0.05) is 119 Å². The minimum absolute atomic E-state index is 0.345. The number of imidazole rings is 1. The van der Waals surface area contributed by atoms with Crippen LogP contribution >= 0.6 is 0 Å². The molecule has 0 saturated carbocycles. The summed E-state index contributed by atoms with van der Waals surface area (Å²) in [5, 5.41) is 7.71. The quantitative estimate of drug-likeness (QED) is 0.192. The van der Waals surface area contributed by atoms with Crippen molar-refractivity contribution in [2.45, 2.75) is 53.4 Å². The van der Waals surface area contributed by atoms with E-state index >= 15 is 0 Å². The van der Waals surface area contributed by atoms with Crippen molar-refractivity contribution >= 4 is 32.3 Å². The lowest BCUT2D eigenvalue weighted by molar-refractivity contribution is 0.801. The van der Waals surface area contributed by atoms with Gasteiger partial charge in [-0.2, -0.15) is 0 Å². The summed E-state index contributed by atoms with van der Waals surface area (Å²) >= 11 is 0. The molecule has 0 amide bonds. The maximum atomic E-state index is 5.25. The van der Waals surface area contributed by atoms with Gasteiger partial charge in [0.05, 0.1) is 11.4 Å². The highest BCUT2D eigenvalue weighted by molar-refractivity contribution is 6.25. The molecule has 0 aliphatic heterocycles. The summed E-state index contributed by atoms with van der Waals surface area (Å²) in [6.07, 6.45) is 0. The summed E-state index contributed by atoms with van der Waals surface area (Å²) in [6, 6.07) is 40.1. The van der Waals surface area contributed by atoms with E-state index in [1.807, 2.05) is 0 Å². The van der Waals surface area contributed by atoms with Crippen LogP contribution in [0.15, 0.2) is 109 Å². The Morgan fingerprint density at radius 3 is 1.51 bits per heavy atom. The van der Waals surface area contributed by atoms with E-state index in [1.54, 1.807) is 0 Å². The normalized spacial score (nSPS) is 11.9. The smallest absolute Gasteiger partial charge is 0.145 e. The third-order valence-electron chi connectivity index (χ3n) is 9.09. The molecule has 7 aromatic rings. The van der Waals surface area contributed by atoms with Gasteiger partial charge in [0.15, 0.2) is 0 Å². The van der Waals surface area contributed by atoms with E-state index < -0.39 is 0 Å². The Morgan fingerprint density at radius 2 is 0.977 bits per heavy atom. The van der Waals surface area contributed by atoms with Gasteiger partial charge in [-0.15, -0.1) is 0 Å². The van der Waals surface area contributed by atoms with Crippen LogP contribution in [0.4, 0.5) is 0 Å². The van der Waals surface area contributed by atoms with E-state index in [0.29, 0.717) is 11.8 Å². The topological polar surface area (TPSA) is 17.8 Å². The highest BCUT2D eigenvalue weighted by Gasteiger charge is 2.24. The van der Waals surface area contributed by atoms with E-state index in [9.17, 15) is 0 Å². The van der Waals surface area contributed by atoms with Crippen LogP contribution in [0.5, 0.6) is 0 Å². The molecule has 0 aliphatic rings. The van der Waals surface area contributed by atoms with Gasteiger partial charge in [0.2, 0.25) is 0 Å². The summed E-state index contributed by atoms with van der Waals surface area (Å²) in [6.45, 7) is 13.6. The van der Waals surface area contributed by atoms with Crippen molar-refractivity contribution in [1.82, 2.24) is 9.55 Å². The highest BCUT2D eigenvalue weighted by Crippen LogP contribution is 2.41. The Bertz CT molecular complexity index is 2080. The predicted molar refractivity (Wildman–Crippen MR) is 185 cm³/mol. The maximum Gasteiger partial charge on any atom is 0.145 e. The molecular weight excluding hydrogens is 520 g/mol. The van der Waals surface area contributed by atoms with Crippen molar-refractivity contribution in [1.29, 1.82) is 0 Å². The molecule has 0 fully saturated rings. The Morgan fingerprint density at radius 1 is 0.488 bits per heavy atom. The summed E-state index contributed by atoms with van der Waals surface area (Å²) in [7, 11) is 0. The molecule has 2 heteroatoms. The molecule has 0 saturated heterocycles. The number of benzene rings is 6. The van der Waals surface area contributed by atoms with Gasteiger partial charge in [0.25, 0.3) is 0 Å². The Labute approximate surface area is 254 Å². The van der Waals surface area contributed by atoms with E-state index in [-0.39, 0.29) is 0 Å². The van der Waals surface area contributed by atoms with Crippen molar-refractivity contribution < 1.29 is 0 Å². The molecule has 0 N–H and O–H groups in total. The summed E-state index contributed by atoms with van der Waals surface area (Å²) in [5.41, 5.74) is 9.90. The van der Waals surface area contributed by atoms with Gasteiger partial charge in [-0.25, -0.2) is 4.98 Å². The zero-order valence-corrected chi connectivity index (χ0v) is 25.9. The fourth-order valence-electron chi connectivity index (χ4n) is 6.74. The molecule has 212 valence electrons. The van der Waals surface area contributed by atoms with Crippen LogP contribution in [0.25, 0.3) is 60.5 Å². The third kappa shape index (κ3) is 4.44. The number of aryl methyl sites for hydroxylation is 1. The van der Waals surface area contributed by atoms with Crippen LogP contribution in [0, 0.1) is 13.8 Å². The lowest BCUT2D eigenvalue weighted by Gasteiger charge is -2.25. The number of hydrogen-bond acceptors (Lipinski definition) is 1. The van der Waals surface area contributed by atoms with Crippen LogP contribution < -0.4 is 0 Å². The van der Waals surface area contributed by atoms with E-state index in [1.165, 1.54) is 66.0 Å². The molecule has 1 heterocycles. The minimum atomic E-state index is 0.345. The molecule has 0 spiro atoms. The van der Waals surface area contributed by atoms with Crippen molar-refractivity contribution in [3.05, 3.63) is 132 Å². The lowest BCUT2D eigenvalue weighted by atomic mass is 9.88. The Hall–Kier alpha value is -4.69. The monoisotopic (exact) mass is 558 g/mol. The van der Waals surface area contributed by atoms with Crippen LogP contribution in [0.3, 0.4) is 0 Å². The first-order chi connectivity index (χ1) is 20.8. The number of aromatic nitrogens is 2. The van der Waals surface area contributed by atoms with Gasteiger partial charge in [0.1, 0.15) is 5.82 Å². The Balaban J connectivity index is 1.53. The van der Waals surface area contributed by atoms with E-state index in [0.717, 1.165) is 17.1 Å². The standard InChI is InChI=1S/C41H38N2/c1-25(2)37-23-31(29-14-8-7-9-15-29)24-38(26(3)4)40(37)43-28(6)27(5)42-41(43)30-20-21-36-34-18-11-10-16-32(34)33-17-12-13-19-35(33)39(36)22-30/h7-26H,1-6H3. The maximum absolute atomic E-state index is 5.25. The molecule has 0 atom stereocenters. The largest absolute Gasteiger partial charge is 0.296 e. The zero-order valence-electron chi connectivity index (χ0n) is 25.9. The lowest BCUT2D eigenvalue weighted by Crippen LogP contribution is -2.10.